The minimum Gasteiger partial charge on any atom is -0.484 e. The number of carbonyl (C=O) groups excluding carboxylic acids is 1. The molecule has 0 radical (unpaired) electrons. The zero-order chi connectivity index (χ0) is 22.7. The summed E-state index contributed by atoms with van der Waals surface area (Å²) in [6.07, 6.45) is 0. The average molecular weight is 474 g/mol. The van der Waals surface area contributed by atoms with Gasteiger partial charge in [0.1, 0.15) is 23.9 Å². The van der Waals surface area contributed by atoms with Crippen LogP contribution in [-0.2, 0) is 13.2 Å². The van der Waals surface area contributed by atoms with Crippen LogP contribution in [0.2, 0.25) is 10.0 Å². The Morgan fingerprint density at radius 1 is 1.16 bits per heavy atom. The molecule has 4 aromatic rings. The van der Waals surface area contributed by atoms with Crippen molar-refractivity contribution >= 4 is 34.9 Å². The number of anilines is 1. The maximum atomic E-state index is 13.9. The quantitative estimate of drug-likeness (QED) is 0.351. The van der Waals surface area contributed by atoms with Crippen LogP contribution in [0, 0.1) is 12.7 Å². The SMILES string of the molecule is Cc1cc(NC(=O)c2ccc(COc3ccc(Cl)cc3Cl)o2)nn1Cc1ccccc1F. The lowest BCUT2D eigenvalue weighted by Gasteiger charge is -2.06. The van der Waals surface area contributed by atoms with E-state index in [4.69, 9.17) is 32.4 Å². The van der Waals surface area contributed by atoms with Gasteiger partial charge in [0, 0.05) is 22.3 Å². The van der Waals surface area contributed by atoms with E-state index in [9.17, 15) is 9.18 Å². The molecule has 0 fully saturated rings. The van der Waals surface area contributed by atoms with Crippen molar-refractivity contribution in [1.82, 2.24) is 9.78 Å². The van der Waals surface area contributed by atoms with Gasteiger partial charge in [-0.25, -0.2) is 4.39 Å². The number of halogens is 3. The zero-order valence-corrected chi connectivity index (χ0v) is 18.5. The summed E-state index contributed by atoms with van der Waals surface area (Å²) in [6, 6.07) is 16.3. The van der Waals surface area contributed by atoms with Crippen LogP contribution < -0.4 is 10.1 Å². The minimum atomic E-state index is -0.462. The molecule has 6 nitrogen and oxygen atoms in total. The number of nitrogens with zero attached hydrogens (tertiary/aromatic N) is 2. The first-order valence-corrected chi connectivity index (χ1v) is 10.4. The van der Waals surface area contributed by atoms with E-state index in [0.717, 1.165) is 5.69 Å². The number of hydrogen-bond donors (Lipinski definition) is 1. The van der Waals surface area contributed by atoms with Crippen LogP contribution in [0.4, 0.5) is 10.2 Å². The van der Waals surface area contributed by atoms with Gasteiger partial charge in [0.05, 0.1) is 11.6 Å². The Bertz CT molecular complexity index is 1270. The summed E-state index contributed by atoms with van der Waals surface area (Å²) in [5.41, 5.74) is 1.28. The number of ether oxygens (including phenoxy) is 1. The van der Waals surface area contributed by atoms with Crippen LogP contribution >= 0.6 is 23.2 Å². The molecular weight excluding hydrogens is 456 g/mol. The third-order valence-corrected chi connectivity index (χ3v) is 5.18. The fourth-order valence-electron chi connectivity index (χ4n) is 3.02. The molecule has 0 aliphatic carbocycles. The molecule has 0 atom stereocenters. The van der Waals surface area contributed by atoms with E-state index in [-0.39, 0.29) is 24.7 Å². The number of rotatable bonds is 7. The van der Waals surface area contributed by atoms with Crippen LogP contribution in [0.3, 0.4) is 0 Å². The van der Waals surface area contributed by atoms with Crippen molar-refractivity contribution in [1.29, 1.82) is 0 Å². The first-order valence-electron chi connectivity index (χ1n) is 9.65. The molecule has 0 aliphatic heterocycles. The maximum Gasteiger partial charge on any atom is 0.292 e. The molecule has 2 aromatic heterocycles. The summed E-state index contributed by atoms with van der Waals surface area (Å²) in [5, 5.41) is 7.91. The van der Waals surface area contributed by atoms with Gasteiger partial charge in [-0.2, -0.15) is 5.10 Å². The number of nitrogens with one attached hydrogen (secondary N) is 1. The topological polar surface area (TPSA) is 69.3 Å². The molecule has 0 spiro atoms. The van der Waals surface area contributed by atoms with Gasteiger partial charge in [0.2, 0.25) is 0 Å². The van der Waals surface area contributed by atoms with Gasteiger partial charge in [-0.1, -0.05) is 41.4 Å². The maximum absolute atomic E-state index is 13.9. The largest absolute Gasteiger partial charge is 0.484 e. The predicted molar refractivity (Wildman–Crippen MR) is 120 cm³/mol. The monoisotopic (exact) mass is 473 g/mol. The van der Waals surface area contributed by atoms with Gasteiger partial charge >= 0.3 is 0 Å². The summed E-state index contributed by atoms with van der Waals surface area (Å²) in [6.45, 7) is 2.17. The molecule has 0 aliphatic rings. The van der Waals surface area contributed by atoms with Crippen LogP contribution in [0.15, 0.2) is 65.1 Å². The molecule has 2 heterocycles. The lowest BCUT2D eigenvalue weighted by Crippen LogP contribution is -2.12. The van der Waals surface area contributed by atoms with E-state index >= 15 is 0 Å². The van der Waals surface area contributed by atoms with Crippen molar-refractivity contribution < 1.29 is 18.3 Å². The lowest BCUT2D eigenvalue weighted by atomic mass is 10.2. The molecule has 2 aromatic carbocycles. The number of benzene rings is 2. The minimum absolute atomic E-state index is 0.0883. The Labute approximate surface area is 193 Å². The second-order valence-electron chi connectivity index (χ2n) is 7.00. The molecular formula is C23H18Cl2FN3O3. The summed E-state index contributed by atoms with van der Waals surface area (Å²) >= 11 is 12.0. The van der Waals surface area contributed by atoms with Gasteiger partial charge in [-0.15, -0.1) is 0 Å². The highest BCUT2D eigenvalue weighted by Gasteiger charge is 2.15. The van der Waals surface area contributed by atoms with E-state index in [1.165, 1.54) is 6.07 Å². The molecule has 0 saturated carbocycles. The van der Waals surface area contributed by atoms with E-state index in [2.05, 4.69) is 10.4 Å². The Morgan fingerprint density at radius 2 is 1.97 bits per heavy atom. The van der Waals surface area contributed by atoms with Crippen LogP contribution in [0.5, 0.6) is 5.75 Å². The summed E-state index contributed by atoms with van der Waals surface area (Å²) < 4.78 is 26.7. The Hall–Kier alpha value is -3.29. The Morgan fingerprint density at radius 3 is 2.75 bits per heavy atom. The van der Waals surface area contributed by atoms with Gasteiger partial charge in [0.15, 0.2) is 11.6 Å². The second-order valence-corrected chi connectivity index (χ2v) is 7.85. The number of amides is 1. The lowest BCUT2D eigenvalue weighted by molar-refractivity contribution is 0.0992. The van der Waals surface area contributed by atoms with Crippen LogP contribution in [-0.4, -0.2) is 15.7 Å². The van der Waals surface area contributed by atoms with E-state index in [0.29, 0.717) is 32.9 Å². The zero-order valence-electron chi connectivity index (χ0n) is 16.9. The fourth-order valence-corrected chi connectivity index (χ4v) is 3.48. The summed E-state index contributed by atoms with van der Waals surface area (Å²) in [4.78, 5) is 12.5. The van der Waals surface area contributed by atoms with Crippen molar-refractivity contribution in [2.24, 2.45) is 0 Å². The van der Waals surface area contributed by atoms with Crippen LogP contribution in [0.1, 0.15) is 27.6 Å². The summed E-state index contributed by atoms with van der Waals surface area (Å²) in [5.74, 6) is 0.574. The highest BCUT2D eigenvalue weighted by molar-refractivity contribution is 6.35. The molecule has 1 N–H and O–H groups in total. The highest BCUT2D eigenvalue weighted by atomic mass is 35.5. The molecule has 0 unspecified atom stereocenters. The predicted octanol–water partition coefficient (Wildman–Crippen LogP) is 6.11. The third-order valence-electron chi connectivity index (χ3n) is 4.65. The van der Waals surface area contributed by atoms with Gasteiger partial charge < -0.3 is 14.5 Å². The highest BCUT2D eigenvalue weighted by Crippen LogP contribution is 2.28. The molecule has 0 saturated heterocycles. The molecule has 164 valence electrons. The van der Waals surface area contributed by atoms with Crippen LogP contribution in [0.25, 0.3) is 0 Å². The number of furan rings is 1. The van der Waals surface area contributed by atoms with E-state index in [1.807, 2.05) is 6.92 Å². The number of aromatic nitrogens is 2. The third kappa shape index (κ3) is 5.12. The standard InChI is InChI=1S/C23H18Cl2FN3O3/c1-14-10-22(28-29(14)12-15-4-2-3-5-19(15)26)27-23(30)21-9-7-17(32-21)13-31-20-8-6-16(24)11-18(20)25/h2-11H,12-13H2,1H3,(H,27,28,30). The van der Waals surface area contributed by atoms with Gasteiger partial charge in [0.25, 0.3) is 5.91 Å². The second kappa shape index (κ2) is 9.46. The first kappa shape index (κ1) is 21.9. The first-order chi connectivity index (χ1) is 15.4. The molecule has 1 amide bonds. The van der Waals surface area contributed by atoms with E-state index in [1.54, 1.807) is 59.3 Å². The number of hydrogen-bond acceptors (Lipinski definition) is 4. The van der Waals surface area contributed by atoms with Crippen molar-refractivity contribution in [3.05, 3.63) is 99.3 Å². The van der Waals surface area contributed by atoms with Crippen molar-refractivity contribution in [3.8, 4) is 5.75 Å². The van der Waals surface area contributed by atoms with Crippen molar-refractivity contribution in [2.45, 2.75) is 20.1 Å². The smallest absolute Gasteiger partial charge is 0.292 e. The van der Waals surface area contributed by atoms with Crippen molar-refractivity contribution in [3.63, 3.8) is 0 Å². The van der Waals surface area contributed by atoms with E-state index < -0.39 is 5.91 Å². The Balaban J connectivity index is 1.38. The Kier molecular flexibility index (Phi) is 6.48. The van der Waals surface area contributed by atoms with Gasteiger partial charge in [-0.3, -0.25) is 9.48 Å². The average Bonchev–Trinajstić information content (AvgIpc) is 3.36. The molecule has 4 rings (SSSR count). The number of aryl methyl sites for hydroxylation is 1. The summed E-state index contributed by atoms with van der Waals surface area (Å²) in [7, 11) is 0. The van der Waals surface area contributed by atoms with Gasteiger partial charge in [-0.05, 0) is 43.3 Å². The molecule has 32 heavy (non-hydrogen) atoms. The molecule has 9 heteroatoms. The number of carbonyl (C=O) groups is 1. The fraction of sp³-hybridized carbons (Fsp3) is 0.130. The molecule has 0 bridgehead atoms. The van der Waals surface area contributed by atoms with Crippen molar-refractivity contribution in [2.75, 3.05) is 5.32 Å². The normalized spacial score (nSPS) is 10.9.